The van der Waals surface area contributed by atoms with Gasteiger partial charge in [0.05, 0.1) is 11.7 Å². The van der Waals surface area contributed by atoms with Gasteiger partial charge in [0.2, 0.25) is 5.91 Å². The molecule has 1 amide bonds. The Hall–Kier alpha value is -1.73. The fourth-order valence-corrected chi connectivity index (χ4v) is 3.08. The first-order valence-corrected chi connectivity index (χ1v) is 8.08. The maximum absolute atomic E-state index is 12.5. The van der Waals surface area contributed by atoms with Crippen LogP contribution in [-0.4, -0.2) is 33.7 Å². The van der Waals surface area contributed by atoms with E-state index in [-0.39, 0.29) is 30.4 Å². The second-order valence-electron chi connectivity index (χ2n) is 5.55. The number of rotatable bonds is 6. The number of carbonyl (C=O) groups excluding carboxylic acids is 1. The van der Waals surface area contributed by atoms with Crippen molar-refractivity contribution < 1.29 is 9.90 Å². The van der Waals surface area contributed by atoms with Crippen LogP contribution in [0, 0.1) is 19.8 Å². The predicted octanol–water partition coefficient (Wildman–Crippen LogP) is 1.21. The van der Waals surface area contributed by atoms with Gasteiger partial charge in [0.15, 0.2) is 0 Å². The Morgan fingerprint density at radius 2 is 2.23 bits per heavy atom. The van der Waals surface area contributed by atoms with Gasteiger partial charge in [-0.15, -0.1) is 11.3 Å². The van der Waals surface area contributed by atoms with Gasteiger partial charge in [-0.25, -0.2) is 4.98 Å². The fourth-order valence-electron chi connectivity index (χ4n) is 2.09. The molecule has 1 atom stereocenters. The van der Waals surface area contributed by atoms with Crippen molar-refractivity contribution >= 4 is 27.5 Å². The summed E-state index contributed by atoms with van der Waals surface area (Å²) in [5.74, 6) is -0.105. The van der Waals surface area contributed by atoms with Crippen LogP contribution in [0.1, 0.15) is 23.8 Å². The van der Waals surface area contributed by atoms with Crippen LogP contribution in [0.4, 0.5) is 0 Å². The third-order valence-corrected chi connectivity index (χ3v) is 4.81. The third-order valence-electron chi connectivity index (χ3n) is 3.69. The molecule has 6 nitrogen and oxygen atoms in total. The Morgan fingerprint density at radius 1 is 1.50 bits per heavy atom. The van der Waals surface area contributed by atoms with Crippen LogP contribution in [0.5, 0.6) is 0 Å². The molecule has 0 spiro atoms. The summed E-state index contributed by atoms with van der Waals surface area (Å²) in [6, 6.07) is 0. The van der Waals surface area contributed by atoms with E-state index in [1.54, 1.807) is 0 Å². The summed E-state index contributed by atoms with van der Waals surface area (Å²) >= 11 is 1.51. The summed E-state index contributed by atoms with van der Waals surface area (Å²) in [4.78, 5) is 30.4. The zero-order chi connectivity index (χ0) is 16.3. The van der Waals surface area contributed by atoms with E-state index in [4.69, 9.17) is 5.11 Å². The molecule has 22 heavy (non-hydrogen) atoms. The lowest BCUT2D eigenvalue weighted by Gasteiger charge is -2.10. The number of nitrogens with one attached hydrogen (secondary N) is 1. The van der Waals surface area contributed by atoms with Crippen LogP contribution < -0.4 is 10.9 Å². The van der Waals surface area contributed by atoms with Crippen LogP contribution >= 0.6 is 11.3 Å². The van der Waals surface area contributed by atoms with E-state index in [1.165, 1.54) is 22.2 Å². The van der Waals surface area contributed by atoms with Crippen LogP contribution in [0.2, 0.25) is 0 Å². The second-order valence-corrected chi connectivity index (χ2v) is 6.75. The monoisotopic (exact) mass is 323 g/mol. The van der Waals surface area contributed by atoms with Gasteiger partial charge in [-0.2, -0.15) is 0 Å². The van der Waals surface area contributed by atoms with E-state index in [1.807, 2.05) is 20.8 Å². The molecule has 0 fully saturated rings. The van der Waals surface area contributed by atoms with Gasteiger partial charge >= 0.3 is 0 Å². The van der Waals surface area contributed by atoms with Crippen molar-refractivity contribution in [2.75, 3.05) is 13.2 Å². The molecule has 2 heterocycles. The summed E-state index contributed by atoms with van der Waals surface area (Å²) < 4.78 is 1.48. The van der Waals surface area contributed by atoms with Gasteiger partial charge in [0.25, 0.3) is 5.56 Å². The summed E-state index contributed by atoms with van der Waals surface area (Å²) in [6.07, 6.45) is 1.72. The van der Waals surface area contributed by atoms with Crippen molar-refractivity contribution in [1.29, 1.82) is 0 Å². The molecule has 120 valence electrons. The molecule has 0 aliphatic heterocycles. The largest absolute Gasteiger partial charge is 0.396 e. The molecule has 0 radical (unpaired) electrons. The van der Waals surface area contributed by atoms with E-state index < -0.39 is 0 Å². The Kier molecular flexibility index (Phi) is 5.31. The van der Waals surface area contributed by atoms with Gasteiger partial charge in [-0.3, -0.25) is 14.2 Å². The van der Waals surface area contributed by atoms with Crippen molar-refractivity contribution in [1.82, 2.24) is 14.9 Å². The second kappa shape index (κ2) is 7.02. The molecule has 2 aromatic rings. The van der Waals surface area contributed by atoms with Crippen LogP contribution in [0.25, 0.3) is 10.2 Å². The predicted molar refractivity (Wildman–Crippen MR) is 87.2 cm³/mol. The highest BCUT2D eigenvalue weighted by Crippen LogP contribution is 2.25. The van der Waals surface area contributed by atoms with Gasteiger partial charge in [0, 0.05) is 31.0 Å². The minimum atomic E-state index is -0.134. The lowest BCUT2D eigenvalue weighted by molar-refractivity contribution is -0.121. The van der Waals surface area contributed by atoms with Crippen LogP contribution in [0.3, 0.4) is 0 Å². The number of aliphatic hydroxyl groups is 1. The van der Waals surface area contributed by atoms with Crippen molar-refractivity contribution in [3.8, 4) is 0 Å². The van der Waals surface area contributed by atoms with Gasteiger partial charge in [-0.1, -0.05) is 6.92 Å². The molecule has 0 saturated carbocycles. The zero-order valence-corrected chi connectivity index (χ0v) is 13.9. The SMILES string of the molecule is Cc1sc2ncn(CCC(=O)NCC(C)CO)c(=O)c2c1C. The van der Waals surface area contributed by atoms with Gasteiger partial charge < -0.3 is 10.4 Å². The number of fused-ring (bicyclic) bond motifs is 1. The molecule has 2 rings (SSSR count). The minimum Gasteiger partial charge on any atom is -0.396 e. The number of thiophene rings is 1. The first-order valence-electron chi connectivity index (χ1n) is 7.26. The molecule has 0 bridgehead atoms. The van der Waals surface area contributed by atoms with Crippen molar-refractivity contribution in [3.05, 3.63) is 27.1 Å². The number of nitrogens with zero attached hydrogens (tertiary/aromatic N) is 2. The molecule has 2 aromatic heterocycles. The van der Waals surface area contributed by atoms with Crippen LogP contribution in [0.15, 0.2) is 11.1 Å². The van der Waals surface area contributed by atoms with E-state index in [0.717, 1.165) is 15.3 Å². The minimum absolute atomic E-state index is 0.0288. The molecule has 7 heteroatoms. The first-order chi connectivity index (χ1) is 10.4. The van der Waals surface area contributed by atoms with Crippen molar-refractivity contribution in [2.45, 2.75) is 33.7 Å². The Labute approximate surface area is 132 Å². The lowest BCUT2D eigenvalue weighted by Crippen LogP contribution is -2.31. The third kappa shape index (κ3) is 3.53. The highest BCUT2D eigenvalue weighted by atomic mass is 32.1. The smallest absolute Gasteiger partial charge is 0.262 e. The average Bonchev–Trinajstić information content (AvgIpc) is 2.79. The normalized spacial score (nSPS) is 12.5. The van der Waals surface area contributed by atoms with Crippen molar-refractivity contribution in [3.63, 3.8) is 0 Å². The number of hydrogen-bond acceptors (Lipinski definition) is 5. The number of aromatic nitrogens is 2. The summed E-state index contributed by atoms with van der Waals surface area (Å²) in [5, 5.41) is 12.3. The van der Waals surface area contributed by atoms with E-state index in [2.05, 4.69) is 10.3 Å². The number of aliphatic hydroxyl groups excluding tert-OH is 1. The average molecular weight is 323 g/mol. The molecule has 1 unspecified atom stereocenters. The Balaban J connectivity index is 2.06. The first kappa shape index (κ1) is 16.6. The quantitative estimate of drug-likeness (QED) is 0.837. The summed E-state index contributed by atoms with van der Waals surface area (Å²) in [6.45, 7) is 6.52. The maximum Gasteiger partial charge on any atom is 0.262 e. The highest BCUT2D eigenvalue weighted by Gasteiger charge is 2.12. The van der Waals surface area contributed by atoms with E-state index in [0.29, 0.717) is 18.5 Å². The fraction of sp³-hybridized carbons (Fsp3) is 0.533. The number of amides is 1. The van der Waals surface area contributed by atoms with Gasteiger partial charge in [0.1, 0.15) is 4.83 Å². The zero-order valence-electron chi connectivity index (χ0n) is 13.0. The Bertz CT molecular complexity index is 735. The van der Waals surface area contributed by atoms with Crippen LogP contribution in [-0.2, 0) is 11.3 Å². The molecular formula is C15H21N3O3S. The number of aryl methyl sites for hydroxylation is 3. The molecule has 0 aliphatic carbocycles. The topological polar surface area (TPSA) is 84.2 Å². The standard InChI is InChI=1S/C15H21N3O3S/c1-9(7-19)6-16-12(20)4-5-18-8-17-14-13(15(18)21)10(2)11(3)22-14/h8-9,19H,4-7H2,1-3H3,(H,16,20). The molecule has 0 aromatic carbocycles. The molecular weight excluding hydrogens is 302 g/mol. The summed E-state index contributed by atoms with van der Waals surface area (Å²) in [5.41, 5.74) is 0.872. The number of carbonyl (C=O) groups is 1. The Morgan fingerprint density at radius 3 is 2.91 bits per heavy atom. The maximum atomic E-state index is 12.5. The molecule has 0 saturated heterocycles. The lowest BCUT2D eigenvalue weighted by atomic mass is 10.2. The summed E-state index contributed by atoms with van der Waals surface area (Å²) in [7, 11) is 0. The van der Waals surface area contributed by atoms with E-state index >= 15 is 0 Å². The van der Waals surface area contributed by atoms with E-state index in [9.17, 15) is 9.59 Å². The highest BCUT2D eigenvalue weighted by molar-refractivity contribution is 7.18. The molecule has 2 N–H and O–H groups in total. The number of hydrogen-bond donors (Lipinski definition) is 2. The molecule has 0 aliphatic rings. The van der Waals surface area contributed by atoms with Crippen molar-refractivity contribution in [2.24, 2.45) is 5.92 Å². The van der Waals surface area contributed by atoms with Gasteiger partial charge in [-0.05, 0) is 25.3 Å².